The molecule has 0 aliphatic carbocycles. The van der Waals surface area contributed by atoms with Gasteiger partial charge in [0.2, 0.25) is 0 Å². The topological polar surface area (TPSA) is 44.9 Å². The first kappa shape index (κ1) is 16.9. The highest BCUT2D eigenvalue weighted by molar-refractivity contribution is 7.98. The summed E-state index contributed by atoms with van der Waals surface area (Å²) in [5, 5.41) is 0. The first-order valence-electron chi connectivity index (χ1n) is 7.75. The van der Waals surface area contributed by atoms with Gasteiger partial charge in [0.15, 0.2) is 5.96 Å². The smallest absolute Gasteiger partial charge is 0.191 e. The minimum atomic E-state index is -0.194. The van der Waals surface area contributed by atoms with E-state index < -0.39 is 0 Å². The van der Waals surface area contributed by atoms with Crippen LogP contribution < -0.4 is 10.6 Å². The first-order valence-corrected chi connectivity index (χ1v) is 9.14. The Morgan fingerprint density at radius 2 is 1.86 bits per heavy atom. The van der Waals surface area contributed by atoms with Crippen LogP contribution in [0.2, 0.25) is 0 Å². The zero-order valence-corrected chi connectivity index (χ0v) is 14.0. The van der Waals surface area contributed by atoms with Gasteiger partial charge in [-0.05, 0) is 49.1 Å². The van der Waals surface area contributed by atoms with E-state index in [0.717, 1.165) is 44.8 Å². The monoisotopic (exact) mass is 324 g/mol. The normalized spacial score (nSPS) is 16.2. The zero-order valence-electron chi connectivity index (χ0n) is 13.2. The molecule has 0 unspecified atom stereocenters. The lowest BCUT2D eigenvalue weighted by molar-refractivity contribution is 0.380. The van der Waals surface area contributed by atoms with Gasteiger partial charge in [-0.1, -0.05) is 0 Å². The summed E-state index contributed by atoms with van der Waals surface area (Å²) in [6, 6.07) is 6.67. The molecule has 0 saturated carbocycles. The summed E-state index contributed by atoms with van der Waals surface area (Å²) in [5.41, 5.74) is 7.13. The van der Waals surface area contributed by atoms with Crippen molar-refractivity contribution in [1.82, 2.24) is 4.90 Å². The predicted molar refractivity (Wildman–Crippen MR) is 94.3 cm³/mol. The highest BCUT2D eigenvalue weighted by Crippen LogP contribution is 2.16. The van der Waals surface area contributed by atoms with Crippen molar-refractivity contribution < 1.29 is 4.39 Å². The molecule has 122 valence electrons. The van der Waals surface area contributed by atoms with Gasteiger partial charge < -0.3 is 15.5 Å². The van der Waals surface area contributed by atoms with Crippen LogP contribution >= 0.6 is 11.8 Å². The standard InChI is InChI=1S/C16H25FN4S/c1-22-13-3-2-8-19-16(18)21-11-9-20(10-12-21)15-6-4-14(17)5-7-15/h4-7H,2-3,8-13H2,1H3,(H2,18,19). The Bertz CT molecular complexity index is 470. The molecule has 0 aromatic heterocycles. The van der Waals surface area contributed by atoms with Gasteiger partial charge in [0.1, 0.15) is 5.82 Å². The molecule has 1 heterocycles. The van der Waals surface area contributed by atoms with Crippen molar-refractivity contribution >= 4 is 23.4 Å². The van der Waals surface area contributed by atoms with Crippen LogP contribution in [0.3, 0.4) is 0 Å². The van der Waals surface area contributed by atoms with E-state index in [2.05, 4.69) is 21.0 Å². The number of anilines is 1. The van der Waals surface area contributed by atoms with E-state index in [0.29, 0.717) is 5.96 Å². The quantitative estimate of drug-likeness (QED) is 0.496. The largest absolute Gasteiger partial charge is 0.370 e. The van der Waals surface area contributed by atoms with Gasteiger partial charge in [0.05, 0.1) is 0 Å². The predicted octanol–water partition coefficient (Wildman–Crippen LogP) is 2.41. The number of benzene rings is 1. The number of hydrogen-bond donors (Lipinski definition) is 1. The van der Waals surface area contributed by atoms with Crippen LogP contribution in [-0.4, -0.2) is 55.6 Å². The average Bonchev–Trinajstić information content (AvgIpc) is 2.55. The lowest BCUT2D eigenvalue weighted by atomic mass is 10.2. The third kappa shape index (κ3) is 5.09. The number of aliphatic imine (C=N–C) groups is 1. The number of nitrogens with two attached hydrogens (primary N) is 1. The molecular formula is C16H25FN4S. The first-order chi connectivity index (χ1) is 10.7. The number of guanidine groups is 1. The van der Waals surface area contributed by atoms with Crippen molar-refractivity contribution in [2.24, 2.45) is 10.7 Å². The van der Waals surface area contributed by atoms with E-state index >= 15 is 0 Å². The van der Waals surface area contributed by atoms with E-state index in [1.807, 2.05) is 23.9 Å². The van der Waals surface area contributed by atoms with Crippen LogP contribution in [0.15, 0.2) is 29.3 Å². The fraction of sp³-hybridized carbons (Fsp3) is 0.562. The number of thioether (sulfide) groups is 1. The van der Waals surface area contributed by atoms with Crippen LogP contribution in [0, 0.1) is 5.82 Å². The molecule has 1 aliphatic heterocycles. The van der Waals surface area contributed by atoms with E-state index in [1.165, 1.54) is 24.3 Å². The number of hydrogen-bond acceptors (Lipinski definition) is 3. The number of halogens is 1. The van der Waals surface area contributed by atoms with Crippen LogP contribution in [-0.2, 0) is 0 Å². The Kier molecular flexibility index (Phi) is 6.83. The molecule has 6 heteroatoms. The lowest BCUT2D eigenvalue weighted by Gasteiger charge is -2.36. The minimum Gasteiger partial charge on any atom is -0.370 e. The number of nitrogens with zero attached hydrogens (tertiary/aromatic N) is 3. The molecule has 1 aliphatic rings. The SMILES string of the molecule is CSCCCCN=C(N)N1CCN(c2ccc(F)cc2)CC1. The van der Waals surface area contributed by atoms with Crippen molar-refractivity contribution in [3.63, 3.8) is 0 Å². The minimum absolute atomic E-state index is 0.194. The van der Waals surface area contributed by atoms with E-state index in [-0.39, 0.29) is 5.82 Å². The Balaban J connectivity index is 1.76. The van der Waals surface area contributed by atoms with Gasteiger partial charge in [-0.3, -0.25) is 4.99 Å². The molecule has 1 aromatic rings. The molecule has 1 aromatic carbocycles. The van der Waals surface area contributed by atoms with Crippen LogP contribution in [0.1, 0.15) is 12.8 Å². The van der Waals surface area contributed by atoms with Crippen LogP contribution in [0.25, 0.3) is 0 Å². The maximum atomic E-state index is 13.0. The summed E-state index contributed by atoms with van der Waals surface area (Å²) in [4.78, 5) is 8.86. The number of piperazine rings is 1. The number of rotatable bonds is 6. The van der Waals surface area contributed by atoms with Crippen molar-refractivity contribution in [2.45, 2.75) is 12.8 Å². The van der Waals surface area contributed by atoms with E-state index in [4.69, 9.17) is 5.73 Å². The Labute approximate surface area is 136 Å². The molecule has 22 heavy (non-hydrogen) atoms. The molecular weight excluding hydrogens is 299 g/mol. The van der Waals surface area contributed by atoms with Gasteiger partial charge in [-0.25, -0.2) is 4.39 Å². The maximum Gasteiger partial charge on any atom is 0.191 e. The van der Waals surface area contributed by atoms with Gasteiger partial charge in [0.25, 0.3) is 0 Å². The van der Waals surface area contributed by atoms with Gasteiger partial charge in [-0.2, -0.15) is 11.8 Å². The summed E-state index contributed by atoms with van der Waals surface area (Å²) < 4.78 is 13.0. The average molecular weight is 324 g/mol. The summed E-state index contributed by atoms with van der Waals surface area (Å²) in [5.74, 6) is 1.65. The third-order valence-electron chi connectivity index (χ3n) is 3.83. The van der Waals surface area contributed by atoms with E-state index in [1.54, 1.807) is 0 Å². The summed E-state index contributed by atoms with van der Waals surface area (Å²) in [6.45, 7) is 4.29. The van der Waals surface area contributed by atoms with Crippen molar-refractivity contribution in [2.75, 3.05) is 49.6 Å². The zero-order chi connectivity index (χ0) is 15.8. The third-order valence-corrected chi connectivity index (χ3v) is 4.52. The fourth-order valence-corrected chi connectivity index (χ4v) is 2.99. The second-order valence-corrected chi connectivity index (χ2v) is 6.38. The number of unbranched alkanes of at least 4 members (excludes halogenated alkanes) is 1. The molecule has 2 N–H and O–H groups in total. The second-order valence-electron chi connectivity index (χ2n) is 5.39. The van der Waals surface area contributed by atoms with Crippen molar-refractivity contribution in [3.05, 3.63) is 30.1 Å². The van der Waals surface area contributed by atoms with Gasteiger partial charge in [-0.15, -0.1) is 0 Å². The highest BCUT2D eigenvalue weighted by atomic mass is 32.2. The fourth-order valence-electron chi connectivity index (χ4n) is 2.50. The highest BCUT2D eigenvalue weighted by Gasteiger charge is 2.18. The van der Waals surface area contributed by atoms with Crippen LogP contribution in [0.4, 0.5) is 10.1 Å². The van der Waals surface area contributed by atoms with Crippen molar-refractivity contribution in [3.8, 4) is 0 Å². The second kappa shape index (κ2) is 8.88. The Hall–Kier alpha value is -1.43. The molecule has 0 bridgehead atoms. The molecule has 0 spiro atoms. The Morgan fingerprint density at radius 3 is 2.50 bits per heavy atom. The lowest BCUT2D eigenvalue weighted by Crippen LogP contribution is -2.51. The van der Waals surface area contributed by atoms with Crippen LogP contribution in [0.5, 0.6) is 0 Å². The van der Waals surface area contributed by atoms with E-state index in [9.17, 15) is 4.39 Å². The van der Waals surface area contributed by atoms with Crippen molar-refractivity contribution in [1.29, 1.82) is 0 Å². The summed E-state index contributed by atoms with van der Waals surface area (Å²) in [7, 11) is 0. The molecule has 0 amide bonds. The maximum absolute atomic E-state index is 13.0. The molecule has 0 atom stereocenters. The Morgan fingerprint density at radius 1 is 1.18 bits per heavy atom. The van der Waals surface area contributed by atoms with Gasteiger partial charge >= 0.3 is 0 Å². The summed E-state index contributed by atoms with van der Waals surface area (Å²) in [6.07, 6.45) is 4.41. The molecule has 1 fully saturated rings. The molecule has 2 rings (SSSR count). The summed E-state index contributed by atoms with van der Waals surface area (Å²) >= 11 is 1.87. The molecule has 0 radical (unpaired) electrons. The molecule has 4 nitrogen and oxygen atoms in total. The molecule has 1 saturated heterocycles. The van der Waals surface area contributed by atoms with Gasteiger partial charge in [0, 0.05) is 38.4 Å².